The highest BCUT2D eigenvalue weighted by Crippen LogP contribution is 2.24. The van der Waals surface area contributed by atoms with Crippen LogP contribution in [0, 0.1) is 6.92 Å². The average Bonchev–Trinajstić information content (AvgIpc) is 3.38. The summed E-state index contributed by atoms with van der Waals surface area (Å²) >= 11 is 6.02. The molecule has 39 heavy (non-hydrogen) atoms. The molecular formula is C26H27ClN6O6. The molecule has 13 heteroatoms. The Kier molecular flexibility index (Phi) is 8.05. The van der Waals surface area contributed by atoms with Gasteiger partial charge in [-0.3, -0.25) is 4.57 Å². The smallest absolute Gasteiger partial charge is 0.360 e. The summed E-state index contributed by atoms with van der Waals surface area (Å²) in [4.78, 5) is 47.2. The standard InChI is InChI=1S/C26H27ClN6O6/c1-15(2)39-21-10-9-19(11-16(21)3)29-24-31(12-17-5-7-18(27)8-6-17)25(35)32(26(36)33(24)28)13-22-30-20(14-38-22)23(34)37-4/h5-11,14-15H,12-13,28H2,1-4H3. The molecule has 0 aliphatic heterocycles. The maximum Gasteiger partial charge on any atom is 0.360 e. The number of ether oxygens (including phenoxy) is 2. The van der Waals surface area contributed by atoms with Gasteiger partial charge in [-0.1, -0.05) is 23.7 Å². The van der Waals surface area contributed by atoms with E-state index in [1.807, 2.05) is 20.8 Å². The first-order valence-corrected chi connectivity index (χ1v) is 12.3. The summed E-state index contributed by atoms with van der Waals surface area (Å²) in [6.45, 7) is 5.36. The van der Waals surface area contributed by atoms with Gasteiger partial charge in [0.15, 0.2) is 5.69 Å². The van der Waals surface area contributed by atoms with Gasteiger partial charge < -0.3 is 19.7 Å². The van der Waals surface area contributed by atoms with Gasteiger partial charge >= 0.3 is 17.3 Å². The lowest BCUT2D eigenvalue weighted by Gasteiger charge is -2.14. The number of aromatic nitrogens is 4. The van der Waals surface area contributed by atoms with Crippen molar-refractivity contribution in [2.24, 2.45) is 4.99 Å². The molecule has 0 unspecified atom stereocenters. The molecule has 0 aliphatic rings. The number of carbonyl (C=O) groups is 1. The number of nitrogens with zero attached hydrogens (tertiary/aromatic N) is 5. The van der Waals surface area contributed by atoms with Crippen LogP contribution in [0.2, 0.25) is 5.02 Å². The van der Waals surface area contributed by atoms with Crippen LogP contribution in [0.1, 0.15) is 41.4 Å². The summed E-state index contributed by atoms with van der Waals surface area (Å²) < 4.78 is 18.5. The van der Waals surface area contributed by atoms with Gasteiger partial charge in [-0.05, 0) is 62.2 Å². The van der Waals surface area contributed by atoms with Gasteiger partial charge in [0, 0.05) is 5.02 Å². The SMILES string of the molecule is COC(=O)c1coc(Cn2c(=O)n(N)c(=Nc3ccc(OC(C)C)c(C)c3)n(Cc3ccc(Cl)cc3)c2=O)n1. The molecular weight excluding hydrogens is 528 g/mol. The Morgan fingerprint density at radius 2 is 1.82 bits per heavy atom. The number of nitrogens with two attached hydrogens (primary N) is 1. The Morgan fingerprint density at radius 3 is 2.46 bits per heavy atom. The van der Waals surface area contributed by atoms with E-state index in [-0.39, 0.29) is 36.4 Å². The number of nitrogen functional groups attached to an aromatic ring is 1. The molecule has 12 nitrogen and oxygen atoms in total. The van der Waals surface area contributed by atoms with E-state index in [9.17, 15) is 14.4 Å². The molecule has 2 heterocycles. The van der Waals surface area contributed by atoms with Crippen LogP contribution in [-0.4, -0.2) is 38.0 Å². The Balaban J connectivity index is 1.87. The molecule has 0 radical (unpaired) electrons. The largest absolute Gasteiger partial charge is 0.491 e. The third-order valence-corrected chi connectivity index (χ3v) is 5.85. The summed E-state index contributed by atoms with van der Waals surface area (Å²) in [7, 11) is 1.20. The highest BCUT2D eigenvalue weighted by molar-refractivity contribution is 6.30. The number of aryl methyl sites for hydroxylation is 1. The molecule has 0 atom stereocenters. The van der Waals surface area contributed by atoms with E-state index in [4.69, 9.17) is 26.6 Å². The van der Waals surface area contributed by atoms with Crippen LogP contribution >= 0.6 is 11.6 Å². The van der Waals surface area contributed by atoms with E-state index in [0.717, 1.165) is 21.1 Å². The molecule has 2 aromatic heterocycles. The number of carbonyl (C=O) groups excluding carboxylic acids is 1. The Morgan fingerprint density at radius 1 is 1.10 bits per heavy atom. The van der Waals surface area contributed by atoms with E-state index in [1.54, 1.807) is 42.5 Å². The maximum atomic E-state index is 13.7. The van der Waals surface area contributed by atoms with Crippen LogP contribution in [-0.2, 0) is 17.8 Å². The molecule has 0 aliphatic carbocycles. The fourth-order valence-electron chi connectivity index (χ4n) is 3.74. The third-order valence-electron chi connectivity index (χ3n) is 5.60. The van der Waals surface area contributed by atoms with Crippen molar-refractivity contribution in [3.8, 4) is 5.75 Å². The van der Waals surface area contributed by atoms with E-state index in [2.05, 4.69) is 14.7 Å². The highest BCUT2D eigenvalue weighted by Gasteiger charge is 2.18. The molecule has 0 saturated carbocycles. The molecule has 2 aromatic carbocycles. The predicted molar refractivity (Wildman–Crippen MR) is 143 cm³/mol. The number of rotatable bonds is 8. The number of halogens is 1. The average molecular weight is 555 g/mol. The van der Waals surface area contributed by atoms with Crippen LogP contribution in [0.5, 0.6) is 5.75 Å². The van der Waals surface area contributed by atoms with Gasteiger partial charge in [0.25, 0.3) is 0 Å². The number of esters is 1. The van der Waals surface area contributed by atoms with E-state index >= 15 is 0 Å². The molecule has 0 fully saturated rings. The fourth-order valence-corrected chi connectivity index (χ4v) is 3.87. The second kappa shape index (κ2) is 11.4. The van der Waals surface area contributed by atoms with Gasteiger partial charge in [-0.2, -0.15) is 4.68 Å². The van der Waals surface area contributed by atoms with Crippen molar-refractivity contribution in [3.05, 3.63) is 103 Å². The van der Waals surface area contributed by atoms with Gasteiger partial charge in [-0.25, -0.2) is 28.9 Å². The normalized spacial score (nSPS) is 11.7. The van der Waals surface area contributed by atoms with Crippen LogP contribution in [0.3, 0.4) is 0 Å². The van der Waals surface area contributed by atoms with Crippen LogP contribution in [0.15, 0.2) is 67.7 Å². The summed E-state index contributed by atoms with van der Waals surface area (Å²) in [5, 5.41) is 0.527. The zero-order valence-electron chi connectivity index (χ0n) is 21.8. The molecule has 0 saturated heterocycles. The Bertz CT molecular complexity index is 1700. The van der Waals surface area contributed by atoms with Crippen LogP contribution < -0.4 is 27.6 Å². The van der Waals surface area contributed by atoms with Crippen molar-refractivity contribution in [1.29, 1.82) is 0 Å². The number of benzene rings is 2. The lowest BCUT2D eigenvalue weighted by molar-refractivity contribution is 0.0594. The predicted octanol–water partition coefficient (Wildman–Crippen LogP) is 2.38. The third kappa shape index (κ3) is 6.12. The second-order valence-corrected chi connectivity index (χ2v) is 9.32. The summed E-state index contributed by atoms with van der Waals surface area (Å²) in [6, 6.07) is 12.1. The van der Waals surface area contributed by atoms with Gasteiger partial charge in [0.1, 0.15) is 18.6 Å². The minimum atomic E-state index is -0.861. The van der Waals surface area contributed by atoms with Crippen LogP contribution in [0.4, 0.5) is 5.69 Å². The summed E-state index contributed by atoms with van der Waals surface area (Å²) in [5.74, 6) is 6.11. The number of hydrogen-bond acceptors (Lipinski definition) is 9. The second-order valence-electron chi connectivity index (χ2n) is 8.88. The molecule has 4 rings (SSSR count). The quantitative estimate of drug-likeness (QED) is 0.258. The molecule has 4 aromatic rings. The molecule has 2 N–H and O–H groups in total. The lowest BCUT2D eigenvalue weighted by Crippen LogP contribution is -2.57. The molecule has 0 bridgehead atoms. The Hall–Kier alpha value is -4.58. The van der Waals surface area contributed by atoms with E-state index < -0.39 is 17.3 Å². The van der Waals surface area contributed by atoms with E-state index in [0.29, 0.717) is 22.0 Å². The van der Waals surface area contributed by atoms with Crippen LogP contribution in [0.25, 0.3) is 0 Å². The Labute approximate surface area is 227 Å². The van der Waals surface area contributed by atoms with Crippen molar-refractivity contribution in [2.45, 2.75) is 40.0 Å². The lowest BCUT2D eigenvalue weighted by atomic mass is 10.2. The molecule has 0 amide bonds. The zero-order valence-corrected chi connectivity index (χ0v) is 22.5. The first-order chi connectivity index (χ1) is 18.6. The maximum absolute atomic E-state index is 13.7. The summed E-state index contributed by atoms with van der Waals surface area (Å²) in [6.07, 6.45) is 1.07. The molecule has 204 valence electrons. The van der Waals surface area contributed by atoms with Gasteiger partial charge in [0.05, 0.1) is 25.4 Å². The zero-order chi connectivity index (χ0) is 28.3. The van der Waals surface area contributed by atoms with E-state index in [1.165, 1.54) is 11.7 Å². The van der Waals surface area contributed by atoms with Crippen molar-refractivity contribution >= 4 is 23.3 Å². The van der Waals surface area contributed by atoms with Crippen molar-refractivity contribution < 1.29 is 18.7 Å². The first kappa shape index (κ1) is 27.5. The van der Waals surface area contributed by atoms with Gasteiger partial charge in [-0.15, -0.1) is 0 Å². The monoisotopic (exact) mass is 554 g/mol. The summed E-state index contributed by atoms with van der Waals surface area (Å²) in [5.41, 5.74) is 0.220. The highest BCUT2D eigenvalue weighted by atomic mass is 35.5. The first-order valence-electron chi connectivity index (χ1n) is 11.9. The fraction of sp³-hybridized carbons (Fsp3) is 0.269. The molecule has 0 spiro atoms. The van der Waals surface area contributed by atoms with Crippen molar-refractivity contribution in [3.63, 3.8) is 0 Å². The van der Waals surface area contributed by atoms with Crippen molar-refractivity contribution in [1.82, 2.24) is 18.8 Å². The topological polar surface area (TPSA) is 149 Å². The number of methoxy groups -OCH3 is 1. The van der Waals surface area contributed by atoms with Gasteiger partial charge in [0.2, 0.25) is 11.5 Å². The minimum Gasteiger partial charge on any atom is -0.491 e. The number of hydrogen-bond donors (Lipinski definition) is 1. The van der Waals surface area contributed by atoms with Crippen molar-refractivity contribution in [2.75, 3.05) is 13.0 Å². The number of oxazole rings is 1. The minimum absolute atomic E-state index is 0.0119.